The highest BCUT2D eigenvalue weighted by molar-refractivity contribution is 5.80. The molecule has 1 fully saturated rings. The van der Waals surface area contributed by atoms with Crippen LogP contribution in [0.1, 0.15) is 37.8 Å². The Morgan fingerprint density at radius 3 is 2.86 bits per heavy atom. The highest BCUT2D eigenvalue weighted by Gasteiger charge is 2.35. The van der Waals surface area contributed by atoms with E-state index in [9.17, 15) is 9.90 Å². The molecule has 22 heavy (non-hydrogen) atoms. The van der Waals surface area contributed by atoms with Crippen LogP contribution >= 0.6 is 0 Å². The first kappa shape index (κ1) is 15.3. The summed E-state index contributed by atoms with van der Waals surface area (Å²) in [7, 11) is 0. The highest BCUT2D eigenvalue weighted by Crippen LogP contribution is 2.29. The van der Waals surface area contributed by atoms with E-state index in [2.05, 4.69) is 4.90 Å². The minimum Gasteiger partial charge on any atom is -0.423 e. The number of rotatable bonds is 3. The van der Waals surface area contributed by atoms with Crippen molar-refractivity contribution in [2.24, 2.45) is 0 Å². The number of likely N-dealkylation sites (tertiary alicyclic amines) is 1. The summed E-state index contributed by atoms with van der Waals surface area (Å²) in [4.78, 5) is 14.1. The standard InChI is InChI=1S/C18H23NO3/c1-12-6-7-14-13(10-17(20)22-15(14)9-12)11-19-8-4-5-16(19)18(2,3)21/h6-7,9-10,16,21H,4-5,8,11H2,1-3H3. The molecule has 0 radical (unpaired) electrons. The molecule has 0 aliphatic carbocycles. The van der Waals surface area contributed by atoms with E-state index in [0.717, 1.165) is 35.9 Å². The highest BCUT2D eigenvalue weighted by atomic mass is 16.4. The molecule has 2 heterocycles. The smallest absolute Gasteiger partial charge is 0.336 e. The molecule has 0 bridgehead atoms. The quantitative estimate of drug-likeness (QED) is 0.886. The van der Waals surface area contributed by atoms with Crippen molar-refractivity contribution in [3.63, 3.8) is 0 Å². The zero-order valence-corrected chi connectivity index (χ0v) is 13.4. The lowest BCUT2D eigenvalue weighted by Crippen LogP contribution is -2.45. The van der Waals surface area contributed by atoms with Crippen LogP contribution in [0.15, 0.2) is 33.5 Å². The lowest BCUT2D eigenvalue weighted by atomic mass is 9.96. The first-order valence-electron chi connectivity index (χ1n) is 7.84. The van der Waals surface area contributed by atoms with Gasteiger partial charge in [-0.2, -0.15) is 0 Å². The van der Waals surface area contributed by atoms with E-state index in [1.54, 1.807) is 6.07 Å². The van der Waals surface area contributed by atoms with Crippen molar-refractivity contribution in [3.05, 3.63) is 45.8 Å². The van der Waals surface area contributed by atoms with Crippen molar-refractivity contribution in [1.29, 1.82) is 0 Å². The summed E-state index contributed by atoms with van der Waals surface area (Å²) in [6.07, 6.45) is 2.06. The molecular formula is C18H23NO3. The van der Waals surface area contributed by atoms with Crippen LogP contribution in [0, 0.1) is 6.92 Å². The molecule has 2 aromatic rings. The summed E-state index contributed by atoms with van der Waals surface area (Å²) in [5.41, 5.74) is 1.64. The molecule has 1 atom stereocenters. The predicted octanol–water partition coefficient (Wildman–Crippen LogP) is 2.84. The van der Waals surface area contributed by atoms with E-state index in [0.29, 0.717) is 12.1 Å². The van der Waals surface area contributed by atoms with Crippen LogP contribution in [0.3, 0.4) is 0 Å². The van der Waals surface area contributed by atoms with E-state index in [1.165, 1.54) is 0 Å². The Labute approximate surface area is 130 Å². The van der Waals surface area contributed by atoms with E-state index < -0.39 is 5.60 Å². The Morgan fingerprint density at radius 1 is 1.36 bits per heavy atom. The summed E-state index contributed by atoms with van der Waals surface area (Å²) in [5, 5.41) is 11.3. The molecule has 1 aliphatic heterocycles. The zero-order valence-electron chi connectivity index (χ0n) is 13.4. The maximum atomic E-state index is 11.8. The second-order valence-electron chi connectivity index (χ2n) is 6.87. The van der Waals surface area contributed by atoms with E-state index in [4.69, 9.17) is 4.42 Å². The third-order valence-electron chi connectivity index (χ3n) is 4.54. The van der Waals surface area contributed by atoms with Crippen LogP contribution < -0.4 is 5.63 Å². The number of benzene rings is 1. The van der Waals surface area contributed by atoms with Gasteiger partial charge in [-0.25, -0.2) is 4.79 Å². The summed E-state index contributed by atoms with van der Waals surface area (Å²) in [6.45, 7) is 7.31. The van der Waals surface area contributed by atoms with Gasteiger partial charge in [-0.1, -0.05) is 12.1 Å². The molecule has 3 rings (SSSR count). The number of fused-ring (bicyclic) bond motifs is 1. The second kappa shape index (κ2) is 5.52. The maximum absolute atomic E-state index is 11.8. The van der Waals surface area contributed by atoms with Gasteiger partial charge in [0.1, 0.15) is 5.58 Å². The van der Waals surface area contributed by atoms with Gasteiger partial charge >= 0.3 is 5.63 Å². The fraction of sp³-hybridized carbons (Fsp3) is 0.500. The number of aryl methyl sites for hydroxylation is 1. The van der Waals surface area contributed by atoms with Gasteiger partial charge in [0.2, 0.25) is 0 Å². The van der Waals surface area contributed by atoms with Crippen LogP contribution in [0.5, 0.6) is 0 Å². The third kappa shape index (κ3) is 2.94. The zero-order chi connectivity index (χ0) is 15.9. The molecule has 1 aliphatic rings. The van der Waals surface area contributed by atoms with Crippen LogP contribution in [0.4, 0.5) is 0 Å². The van der Waals surface area contributed by atoms with Crippen molar-refractivity contribution in [2.45, 2.75) is 51.8 Å². The number of hydrogen-bond acceptors (Lipinski definition) is 4. The minimum absolute atomic E-state index is 0.125. The summed E-state index contributed by atoms with van der Waals surface area (Å²) in [6, 6.07) is 7.65. The van der Waals surface area contributed by atoms with Crippen molar-refractivity contribution < 1.29 is 9.52 Å². The van der Waals surface area contributed by atoms with E-state index in [1.807, 2.05) is 39.0 Å². The Hall–Kier alpha value is -1.65. The molecule has 1 unspecified atom stereocenters. The lowest BCUT2D eigenvalue weighted by Gasteiger charge is -2.34. The Balaban J connectivity index is 1.98. The topological polar surface area (TPSA) is 53.7 Å². The van der Waals surface area contributed by atoms with Gasteiger partial charge in [-0.05, 0) is 57.4 Å². The lowest BCUT2D eigenvalue weighted by molar-refractivity contribution is -0.00492. The van der Waals surface area contributed by atoms with Gasteiger partial charge in [0.15, 0.2) is 0 Å². The van der Waals surface area contributed by atoms with Crippen molar-refractivity contribution in [1.82, 2.24) is 4.90 Å². The average molecular weight is 301 g/mol. The molecule has 1 saturated heterocycles. The minimum atomic E-state index is -0.734. The molecule has 4 nitrogen and oxygen atoms in total. The molecule has 4 heteroatoms. The van der Waals surface area contributed by atoms with Gasteiger partial charge in [-0.3, -0.25) is 4.90 Å². The summed E-state index contributed by atoms with van der Waals surface area (Å²) < 4.78 is 5.32. The Morgan fingerprint density at radius 2 is 2.14 bits per heavy atom. The second-order valence-corrected chi connectivity index (χ2v) is 6.87. The maximum Gasteiger partial charge on any atom is 0.336 e. The van der Waals surface area contributed by atoms with Gasteiger partial charge < -0.3 is 9.52 Å². The number of hydrogen-bond donors (Lipinski definition) is 1. The molecule has 1 N–H and O–H groups in total. The molecule has 0 amide bonds. The first-order chi connectivity index (χ1) is 10.3. The number of aliphatic hydroxyl groups is 1. The summed E-state index contributed by atoms with van der Waals surface area (Å²) in [5.74, 6) is 0. The van der Waals surface area contributed by atoms with Crippen molar-refractivity contribution >= 4 is 11.0 Å². The fourth-order valence-corrected chi connectivity index (χ4v) is 3.50. The van der Waals surface area contributed by atoms with Crippen molar-refractivity contribution in [3.8, 4) is 0 Å². The Bertz CT molecular complexity index is 742. The van der Waals surface area contributed by atoms with Gasteiger partial charge in [-0.15, -0.1) is 0 Å². The average Bonchev–Trinajstić information content (AvgIpc) is 2.86. The van der Waals surface area contributed by atoms with Crippen LogP contribution in [-0.4, -0.2) is 28.2 Å². The van der Waals surface area contributed by atoms with Crippen LogP contribution in [0.25, 0.3) is 11.0 Å². The predicted molar refractivity (Wildman–Crippen MR) is 87.0 cm³/mol. The van der Waals surface area contributed by atoms with E-state index >= 15 is 0 Å². The van der Waals surface area contributed by atoms with Gasteiger partial charge in [0, 0.05) is 24.0 Å². The molecular weight excluding hydrogens is 278 g/mol. The van der Waals surface area contributed by atoms with Crippen LogP contribution in [0.2, 0.25) is 0 Å². The van der Waals surface area contributed by atoms with Crippen molar-refractivity contribution in [2.75, 3.05) is 6.54 Å². The normalized spacial score (nSPS) is 19.9. The molecule has 1 aromatic heterocycles. The molecule has 0 saturated carbocycles. The monoisotopic (exact) mass is 301 g/mol. The molecule has 118 valence electrons. The summed E-state index contributed by atoms with van der Waals surface area (Å²) >= 11 is 0. The van der Waals surface area contributed by atoms with Gasteiger partial charge in [0.05, 0.1) is 5.60 Å². The van der Waals surface area contributed by atoms with Gasteiger partial charge in [0.25, 0.3) is 0 Å². The fourth-order valence-electron chi connectivity index (χ4n) is 3.50. The Kier molecular flexibility index (Phi) is 3.83. The molecule has 1 aromatic carbocycles. The largest absolute Gasteiger partial charge is 0.423 e. The molecule has 0 spiro atoms. The third-order valence-corrected chi connectivity index (χ3v) is 4.54. The van der Waals surface area contributed by atoms with E-state index in [-0.39, 0.29) is 11.7 Å². The number of nitrogens with zero attached hydrogens (tertiary/aromatic N) is 1. The SMILES string of the molecule is Cc1ccc2c(CN3CCCC3C(C)(C)O)cc(=O)oc2c1. The van der Waals surface area contributed by atoms with Crippen LogP contribution in [-0.2, 0) is 6.54 Å². The first-order valence-corrected chi connectivity index (χ1v) is 7.84.